The topological polar surface area (TPSA) is 128 Å². The lowest BCUT2D eigenvalue weighted by Crippen LogP contribution is -2.44. The van der Waals surface area contributed by atoms with Crippen molar-refractivity contribution in [1.29, 1.82) is 0 Å². The number of carbonyl (C=O) groups is 2. The number of imide groups is 1. The minimum absolute atomic E-state index is 0.227. The highest BCUT2D eigenvalue weighted by Gasteiger charge is 2.47. The molecule has 1 aliphatic heterocycles. The largest absolute Gasteiger partial charge is 0.868 e. The number of rotatable bonds is 6. The van der Waals surface area contributed by atoms with Gasteiger partial charge < -0.3 is 10.4 Å². The van der Waals surface area contributed by atoms with E-state index < -0.39 is 33.8 Å². The van der Waals surface area contributed by atoms with Crippen LogP contribution in [0.1, 0.15) is 24.5 Å². The maximum Gasteiger partial charge on any atom is 0.346 e. The molecule has 9 nitrogen and oxygen atoms in total. The summed E-state index contributed by atoms with van der Waals surface area (Å²) in [5.74, 6) is -1.25. The van der Waals surface area contributed by atoms with E-state index in [1.165, 1.54) is 6.07 Å². The average Bonchev–Trinajstić information content (AvgIpc) is 2.89. The van der Waals surface area contributed by atoms with Crippen molar-refractivity contribution in [2.24, 2.45) is 5.10 Å². The SMILES string of the molecule is C[C@]1(CCc2ccccc2)NC(=O)N(/N=C\c2ccc([O-])c([N+](=O)[O-])c2)C1=O. The average molecular weight is 381 g/mol. The van der Waals surface area contributed by atoms with Crippen LogP contribution in [0.15, 0.2) is 53.6 Å². The molecule has 144 valence electrons. The fourth-order valence-electron chi connectivity index (χ4n) is 2.86. The summed E-state index contributed by atoms with van der Waals surface area (Å²) in [7, 11) is 0. The van der Waals surface area contributed by atoms with Crippen molar-refractivity contribution < 1.29 is 19.6 Å². The van der Waals surface area contributed by atoms with Gasteiger partial charge in [0.1, 0.15) is 5.54 Å². The van der Waals surface area contributed by atoms with Gasteiger partial charge in [-0.3, -0.25) is 14.9 Å². The van der Waals surface area contributed by atoms with Crippen molar-refractivity contribution >= 4 is 23.8 Å². The maximum absolute atomic E-state index is 12.7. The molecule has 1 atom stereocenters. The van der Waals surface area contributed by atoms with Gasteiger partial charge in [-0.15, -0.1) is 5.01 Å². The molecule has 1 N–H and O–H groups in total. The van der Waals surface area contributed by atoms with Crippen LogP contribution in [-0.2, 0) is 11.2 Å². The van der Waals surface area contributed by atoms with E-state index in [0.29, 0.717) is 17.9 Å². The smallest absolute Gasteiger partial charge is 0.346 e. The van der Waals surface area contributed by atoms with E-state index in [1.54, 1.807) is 6.92 Å². The molecule has 1 aliphatic rings. The predicted molar refractivity (Wildman–Crippen MR) is 98.7 cm³/mol. The Kier molecular flexibility index (Phi) is 5.08. The van der Waals surface area contributed by atoms with Crippen LogP contribution in [0.4, 0.5) is 10.5 Å². The van der Waals surface area contributed by atoms with E-state index in [9.17, 15) is 24.8 Å². The van der Waals surface area contributed by atoms with Crippen LogP contribution in [0.5, 0.6) is 5.75 Å². The second kappa shape index (κ2) is 7.47. The molecule has 3 rings (SSSR count). The van der Waals surface area contributed by atoms with Crippen LogP contribution in [-0.4, -0.2) is 33.6 Å². The number of hydrazone groups is 1. The molecule has 28 heavy (non-hydrogen) atoms. The standard InChI is InChI=1S/C19H18N4O5/c1-19(10-9-13-5-3-2-4-6-13)17(25)22(18(26)21-19)20-12-14-7-8-16(24)15(11-14)23(27)28/h2-8,11-12,24H,9-10H2,1H3,(H,21,26)/p-1/b20-12-/t19-/m1/s1. The van der Waals surface area contributed by atoms with Gasteiger partial charge in [0.15, 0.2) is 0 Å². The van der Waals surface area contributed by atoms with E-state index >= 15 is 0 Å². The highest BCUT2D eigenvalue weighted by molar-refractivity contribution is 6.07. The molecular formula is C19H17N4O5-. The van der Waals surface area contributed by atoms with Crippen molar-refractivity contribution in [1.82, 2.24) is 10.3 Å². The van der Waals surface area contributed by atoms with Crippen LogP contribution in [0.2, 0.25) is 0 Å². The van der Waals surface area contributed by atoms with Crippen molar-refractivity contribution in [3.05, 3.63) is 69.8 Å². The van der Waals surface area contributed by atoms with Gasteiger partial charge in [-0.25, -0.2) is 4.79 Å². The number of hydrogen-bond acceptors (Lipinski definition) is 6. The number of carbonyl (C=O) groups excluding carboxylic acids is 2. The van der Waals surface area contributed by atoms with E-state index in [1.807, 2.05) is 30.3 Å². The summed E-state index contributed by atoms with van der Waals surface area (Å²) in [4.78, 5) is 34.9. The van der Waals surface area contributed by atoms with Crippen molar-refractivity contribution in [2.45, 2.75) is 25.3 Å². The minimum Gasteiger partial charge on any atom is -0.868 e. The zero-order valence-corrected chi connectivity index (χ0v) is 15.0. The summed E-state index contributed by atoms with van der Waals surface area (Å²) in [5, 5.41) is 29.5. The monoisotopic (exact) mass is 381 g/mol. The van der Waals surface area contributed by atoms with Gasteiger partial charge in [-0.05, 0) is 31.1 Å². The number of amides is 3. The Morgan fingerprint density at radius 3 is 2.61 bits per heavy atom. The van der Waals surface area contributed by atoms with Gasteiger partial charge in [-0.2, -0.15) is 5.10 Å². The van der Waals surface area contributed by atoms with Crippen molar-refractivity contribution in [2.75, 3.05) is 0 Å². The fourth-order valence-corrected chi connectivity index (χ4v) is 2.86. The number of hydrogen-bond donors (Lipinski definition) is 1. The first-order valence-corrected chi connectivity index (χ1v) is 8.50. The normalized spacial score (nSPS) is 19.2. The number of benzene rings is 2. The summed E-state index contributed by atoms with van der Waals surface area (Å²) < 4.78 is 0. The lowest BCUT2D eigenvalue weighted by atomic mass is 9.93. The third kappa shape index (κ3) is 3.83. The lowest BCUT2D eigenvalue weighted by molar-refractivity contribution is -0.398. The third-order valence-electron chi connectivity index (χ3n) is 4.50. The van der Waals surface area contributed by atoms with E-state index in [2.05, 4.69) is 10.4 Å². The summed E-state index contributed by atoms with van der Waals surface area (Å²) in [6.45, 7) is 1.63. The van der Waals surface area contributed by atoms with Crippen LogP contribution < -0.4 is 10.4 Å². The third-order valence-corrected chi connectivity index (χ3v) is 4.50. The van der Waals surface area contributed by atoms with Gasteiger partial charge in [0.2, 0.25) is 0 Å². The summed E-state index contributed by atoms with van der Waals surface area (Å²) in [6, 6.07) is 12.3. The summed E-state index contributed by atoms with van der Waals surface area (Å²) in [5.41, 5.74) is -0.439. The predicted octanol–water partition coefficient (Wildman–Crippen LogP) is 1.95. The summed E-state index contributed by atoms with van der Waals surface area (Å²) >= 11 is 0. The zero-order valence-electron chi connectivity index (χ0n) is 15.0. The Hall–Kier alpha value is -3.75. The lowest BCUT2D eigenvalue weighted by Gasteiger charge is -2.20. The number of nitrogens with one attached hydrogen (secondary N) is 1. The highest BCUT2D eigenvalue weighted by atomic mass is 16.6. The number of nitro benzene ring substituents is 1. The highest BCUT2D eigenvalue weighted by Crippen LogP contribution is 2.25. The quantitative estimate of drug-likeness (QED) is 0.354. The van der Waals surface area contributed by atoms with Crippen molar-refractivity contribution in [3.8, 4) is 5.75 Å². The Bertz CT molecular complexity index is 960. The number of nitrogens with zero attached hydrogens (tertiary/aromatic N) is 3. The molecule has 3 amide bonds. The van der Waals surface area contributed by atoms with E-state index in [4.69, 9.17) is 0 Å². The molecule has 0 radical (unpaired) electrons. The van der Waals surface area contributed by atoms with Crippen LogP contribution in [0.3, 0.4) is 0 Å². The molecule has 1 heterocycles. The van der Waals surface area contributed by atoms with Gasteiger partial charge in [0.25, 0.3) is 11.6 Å². The van der Waals surface area contributed by atoms with Gasteiger partial charge >= 0.3 is 6.03 Å². The first-order chi connectivity index (χ1) is 13.3. The van der Waals surface area contributed by atoms with E-state index in [0.717, 1.165) is 23.9 Å². The molecule has 1 fully saturated rings. The van der Waals surface area contributed by atoms with Crippen molar-refractivity contribution in [3.63, 3.8) is 0 Å². The van der Waals surface area contributed by atoms with Crippen LogP contribution in [0.25, 0.3) is 0 Å². The number of aryl methyl sites for hydroxylation is 1. The minimum atomic E-state index is -1.10. The van der Waals surface area contributed by atoms with E-state index in [-0.39, 0.29) is 5.56 Å². The molecule has 0 bridgehead atoms. The Morgan fingerprint density at radius 2 is 1.93 bits per heavy atom. The second-order valence-electron chi connectivity index (χ2n) is 6.59. The molecule has 0 aromatic heterocycles. The maximum atomic E-state index is 12.7. The van der Waals surface area contributed by atoms with Crippen LogP contribution in [0, 0.1) is 10.1 Å². The molecular weight excluding hydrogens is 364 g/mol. The number of urea groups is 1. The van der Waals surface area contributed by atoms with Crippen LogP contribution >= 0.6 is 0 Å². The molecule has 0 unspecified atom stereocenters. The summed E-state index contributed by atoms with van der Waals surface area (Å²) in [6.07, 6.45) is 2.12. The Morgan fingerprint density at radius 1 is 1.21 bits per heavy atom. The fraction of sp³-hybridized carbons (Fsp3) is 0.211. The van der Waals surface area contributed by atoms with Gasteiger partial charge in [0.05, 0.1) is 11.1 Å². The first-order valence-electron chi connectivity index (χ1n) is 8.50. The van der Waals surface area contributed by atoms with Gasteiger partial charge in [-0.1, -0.05) is 42.5 Å². The Balaban J connectivity index is 1.74. The first kappa shape index (κ1) is 19.0. The molecule has 2 aromatic rings. The molecule has 0 aliphatic carbocycles. The zero-order chi connectivity index (χ0) is 20.3. The van der Waals surface area contributed by atoms with Gasteiger partial charge in [0, 0.05) is 11.6 Å². The molecule has 1 saturated heterocycles. The number of nitro groups is 1. The Labute approximate surface area is 160 Å². The molecule has 2 aromatic carbocycles. The second-order valence-corrected chi connectivity index (χ2v) is 6.59. The molecule has 0 spiro atoms. The molecule has 9 heteroatoms. The molecule has 0 saturated carbocycles.